The van der Waals surface area contributed by atoms with Gasteiger partial charge in [0.1, 0.15) is 11.6 Å². The van der Waals surface area contributed by atoms with Crippen molar-refractivity contribution in [2.75, 3.05) is 20.4 Å². The molecule has 2 rings (SSSR count). The molecule has 1 aromatic heterocycles. The number of ether oxygens (including phenoxy) is 1. The van der Waals surface area contributed by atoms with Crippen molar-refractivity contribution in [2.24, 2.45) is 4.99 Å². The molecule has 0 atom stereocenters. The Morgan fingerprint density at radius 2 is 1.93 bits per heavy atom. The minimum atomic E-state index is -0.208. The molecule has 0 radical (unpaired) electrons. The molecule has 0 spiro atoms. The molecule has 28 heavy (non-hydrogen) atoms. The summed E-state index contributed by atoms with van der Waals surface area (Å²) in [6.07, 6.45) is 3.82. The van der Waals surface area contributed by atoms with Crippen LogP contribution in [-0.4, -0.2) is 31.4 Å². The molecular formula is C20H28FIN4OS. The summed E-state index contributed by atoms with van der Waals surface area (Å²) < 4.78 is 18.9. The summed E-state index contributed by atoms with van der Waals surface area (Å²) in [7, 11) is 3.39. The minimum absolute atomic E-state index is 0. The fourth-order valence-electron chi connectivity index (χ4n) is 2.87. The highest BCUT2D eigenvalue weighted by Gasteiger charge is 2.10. The van der Waals surface area contributed by atoms with E-state index in [1.54, 1.807) is 32.0 Å². The molecule has 0 bridgehead atoms. The van der Waals surface area contributed by atoms with Gasteiger partial charge in [0.05, 0.1) is 19.3 Å². The summed E-state index contributed by atoms with van der Waals surface area (Å²) in [6, 6.07) is 4.90. The number of methoxy groups -OCH3 is 1. The van der Waals surface area contributed by atoms with E-state index in [2.05, 4.69) is 20.6 Å². The average molecular weight is 518 g/mol. The Bertz CT molecular complexity index is 817. The summed E-state index contributed by atoms with van der Waals surface area (Å²) in [6.45, 7) is 5.08. The number of nitrogens with one attached hydrogen (secondary N) is 2. The van der Waals surface area contributed by atoms with Crippen molar-refractivity contribution in [1.82, 2.24) is 15.6 Å². The Morgan fingerprint density at radius 1 is 1.21 bits per heavy atom. The molecule has 154 valence electrons. The summed E-state index contributed by atoms with van der Waals surface area (Å²) in [5.41, 5.74) is 4.98. The fourth-order valence-corrected chi connectivity index (χ4v) is 3.45. The van der Waals surface area contributed by atoms with Gasteiger partial charge in [-0.25, -0.2) is 4.39 Å². The van der Waals surface area contributed by atoms with E-state index in [4.69, 9.17) is 4.74 Å². The summed E-state index contributed by atoms with van der Waals surface area (Å²) in [5.74, 6) is 2.08. The lowest BCUT2D eigenvalue weighted by Crippen LogP contribution is -2.36. The molecule has 0 aliphatic carbocycles. The predicted octanol–water partition coefficient (Wildman–Crippen LogP) is 4.19. The number of thioether (sulfide) groups is 1. The third-order valence-electron chi connectivity index (χ3n) is 4.31. The van der Waals surface area contributed by atoms with Crippen LogP contribution in [0, 0.1) is 19.7 Å². The number of benzene rings is 1. The van der Waals surface area contributed by atoms with Crippen molar-refractivity contribution in [1.29, 1.82) is 0 Å². The van der Waals surface area contributed by atoms with Crippen LogP contribution in [0.4, 0.5) is 4.39 Å². The largest absolute Gasteiger partial charge is 0.496 e. The number of hydrogen-bond donors (Lipinski definition) is 2. The van der Waals surface area contributed by atoms with Gasteiger partial charge >= 0.3 is 0 Å². The Labute approximate surface area is 188 Å². The van der Waals surface area contributed by atoms with Crippen molar-refractivity contribution < 1.29 is 9.13 Å². The zero-order chi connectivity index (χ0) is 19.8. The van der Waals surface area contributed by atoms with E-state index >= 15 is 0 Å². The van der Waals surface area contributed by atoms with Crippen LogP contribution >= 0.6 is 35.7 Å². The smallest absolute Gasteiger partial charge is 0.191 e. The van der Waals surface area contributed by atoms with E-state index in [1.807, 2.05) is 32.4 Å². The van der Waals surface area contributed by atoms with Crippen molar-refractivity contribution in [3.8, 4) is 5.75 Å². The molecule has 2 aromatic rings. The molecule has 2 N–H and O–H groups in total. The van der Waals surface area contributed by atoms with Crippen LogP contribution in [-0.2, 0) is 18.8 Å². The molecule has 1 aromatic carbocycles. The zero-order valence-electron chi connectivity index (χ0n) is 16.9. The number of halogens is 2. The molecule has 0 unspecified atom stereocenters. The number of aromatic nitrogens is 1. The third-order valence-corrected chi connectivity index (χ3v) is 4.91. The van der Waals surface area contributed by atoms with Gasteiger partial charge in [-0.05, 0) is 43.4 Å². The first kappa shape index (κ1) is 24.5. The van der Waals surface area contributed by atoms with Gasteiger partial charge in [0.2, 0.25) is 0 Å². The number of hydrogen-bond acceptors (Lipinski definition) is 4. The second-order valence-corrected chi connectivity index (χ2v) is 7.04. The first-order valence-electron chi connectivity index (χ1n) is 8.70. The molecule has 0 amide bonds. The van der Waals surface area contributed by atoms with Crippen LogP contribution in [0.15, 0.2) is 29.4 Å². The number of aliphatic imine (C=N–C) groups is 1. The van der Waals surface area contributed by atoms with Gasteiger partial charge in [-0.15, -0.1) is 24.0 Å². The first-order valence-corrected chi connectivity index (χ1v) is 10.1. The monoisotopic (exact) mass is 518 g/mol. The van der Waals surface area contributed by atoms with E-state index in [9.17, 15) is 4.39 Å². The second kappa shape index (κ2) is 12.1. The standard InChI is InChI=1S/C20H27FN4OS.HI/c1-13-9-23-18(14(2)19(13)26-4)11-25-20(22-3)24-10-15-6-7-17(21)8-16(15)12-27-5;/h6-9H,10-12H2,1-5H3,(H2,22,24,25);1H. The van der Waals surface area contributed by atoms with Gasteiger partial charge in [-0.3, -0.25) is 9.98 Å². The highest BCUT2D eigenvalue weighted by Crippen LogP contribution is 2.23. The first-order chi connectivity index (χ1) is 13.0. The average Bonchev–Trinajstić information content (AvgIpc) is 2.65. The molecule has 0 aliphatic heterocycles. The lowest BCUT2D eigenvalue weighted by molar-refractivity contribution is 0.406. The van der Waals surface area contributed by atoms with Crippen molar-refractivity contribution in [3.05, 3.63) is 58.2 Å². The maximum atomic E-state index is 13.5. The van der Waals surface area contributed by atoms with Crippen molar-refractivity contribution >= 4 is 41.7 Å². The summed E-state index contributed by atoms with van der Waals surface area (Å²) >= 11 is 1.67. The van der Waals surface area contributed by atoms with Crippen LogP contribution in [0.1, 0.15) is 27.9 Å². The van der Waals surface area contributed by atoms with Crippen LogP contribution in [0.25, 0.3) is 0 Å². The van der Waals surface area contributed by atoms with E-state index in [0.29, 0.717) is 19.0 Å². The Balaban J connectivity index is 0.00000392. The SMILES string of the molecule is CN=C(NCc1ccc(F)cc1CSC)NCc1ncc(C)c(OC)c1C.I. The van der Waals surface area contributed by atoms with Crippen LogP contribution in [0.3, 0.4) is 0 Å². The number of nitrogens with zero attached hydrogens (tertiary/aromatic N) is 2. The normalized spacial score (nSPS) is 11.0. The Kier molecular flexibility index (Phi) is 10.6. The molecule has 0 saturated carbocycles. The van der Waals surface area contributed by atoms with Crippen molar-refractivity contribution in [3.63, 3.8) is 0 Å². The van der Waals surface area contributed by atoms with E-state index in [0.717, 1.165) is 39.5 Å². The number of rotatable bonds is 7. The van der Waals surface area contributed by atoms with Gasteiger partial charge in [0.15, 0.2) is 5.96 Å². The molecule has 1 heterocycles. The number of guanidine groups is 1. The number of pyridine rings is 1. The lowest BCUT2D eigenvalue weighted by atomic mass is 10.1. The topological polar surface area (TPSA) is 58.5 Å². The zero-order valence-corrected chi connectivity index (χ0v) is 20.1. The van der Waals surface area contributed by atoms with E-state index < -0.39 is 0 Å². The quantitative estimate of drug-likeness (QED) is 0.327. The Hall–Kier alpha value is -1.55. The molecule has 0 aliphatic rings. The van der Waals surface area contributed by atoms with Gasteiger partial charge in [0, 0.05) is 36.7 Å². The van der Waals surface area contributed by atoms with Gasteiger partial charge in [-0.1, -0.05) is 6.07 Å². The van der Waals surface area contributed by atoms with Crippen LogP contribution in [0.2, 0.25) is 0 Å². The summed E-state index contributed by atoms with van der Waals surface area (Å²) in [5, 5.41) is 6.55. The Morgan fingerprint density at radius 3 is 2.57 bits per heavy atom. The molecule has 0 saturated heterocycles. The van der Waals surface area contributed by atoms with Crippen LogP contribution in [0.5, 0.6) is 5.75 Å². The minimum Gasteiger partial charge on any atom is -0.496 e. The van der Waals surface area contributed by atoms with Crippen LogP contribution < -0.4 is 15.4 Å². The maximum absolute atomic E-state index is 13.5. The molecule has 8 heteroatoms. The van der Waals surface area contributed by atoms with Gasteiger partial charge < -0.3 is 15.4 Å². The van der Waals surface area contributed by atoms with Gasteiger partial charge in [0.25, 0.3) is 0 Å². The van der Waals surface area contributed by atoms with E-state index in [-0.39, 0.29) is 29.8 Å². The van der Waals surface area contributed by atoms with Crippen molar-refractivity contribution in [2.45, 2.75) is 32.7 Å². The highest BCUT2D eigenvalue weighted by molar-refractivity contribution is 14.0. The molecule has 5 nitrogen and oxygen atoms in total. The maximum Gasteiger partial charge on any atom is 0.191 e. The molecule has 0 fully saturated rings. The third kappa shape index (κ3) is 6.51. The highest BCUT2D eigenvalue weighted by atomic mass is 127. The predicted molar refractivity (Wildman–Crippen MR) is 126 cm³/mol. The summed E-state index contributed by atoms with van der Waals surface area (Å²) in [4.78, 5) is 8.75. The fraction of sp³-hybridized carbons (Fsp3) is 0.400. The van der Waals surface area contributed by atoms with E-state index in [1.165, 1.54) is 6.07 Å². The molecular weight excluding hydrogens is 490 g/mol. The second-order valence-electron chi connectivity index (χ2n) is 6.17. The number of aryl methyl sites for hydroxylation is 1. The lowest BCUT2D eigenvalue weighted by Gasteiger charge is -2.16. The van der Waals surface area contributed by atoms with Gasteiger partial charge in [-0.2, -0.15) is 11.8 Å².